The maximum Gasteiger partial charge on any atom is 0.227 e. The average Bonchev–Trinajstić information content (AvgIpc) is 2.41. The lowest BCUT2D eigenvalue weighted by Gasteiger charge is -2.23. The van der Waals surface area contributed by atoms with Crippen molar-refractivity contribution in [3.8, 4) is 0 Å². The molecular formula is C12H16N2O. The van der Waals surface area contributed by atoms with Crippen LogP contribution in [0.3, 0.4) is 0 Å². The third-order valence-electron chi connectivity index (χ3n) is 3.14. The number of amides is 1. The molecule has 0 saturated carbocycles. The number of rotatable bonds is 1. The van der Waals surface area contributed by atoms with Gasteiger partial charge in [-0.25, -0.2) is 0 Å². The molecule has 1 fully saturated rings. The number of benzene rings is 1. The fourth-order valence-electron chi connectivity index (χ4n) is 2.08. The van der Waals surface area contributed by atoms with Gasteiger partial charge in [-0.15, -0.1) is 0 Å². The summed E-state index contributed by atoms with van der Waals surface area (Å²) < 4.78 is 0. The Balaban J connectivity index is 2.34. The van der Waals surface area contributed by atoms with Gasteiger partial charge in [0.1, 0.15) is 0 Å². The molecule has 0 spiro atoms. The zero-order valence-electron chi connectivity index (χ0n) is 9.10. The normalized spacial score (nSPS) is 26.0. The van der Waals surface area contributed by atoms with Crippen LogP contribution in [0.5, 0.6) is 0 Å². The molecule has 2 rings (SSSR count). The van der Waals surface area contributed by atoms with E-state index in [0.29, 0.717) is 18.0 Å². The van der Waals surface area contributed by atoms with Crippen molar-refractivity contribution in [1.29, 1.82) is 0 Å². The van der Waals surface area contributed by atoms with Gasteiger partial charge < -0.3 is 10.6 Å². The molecule has 80 valence electrons. The van der Waals surface area contributed by atoms with Crippen molar-refractivity contribution in [2.75, 3.05) is 10.6 Å². The van der Waals surface area contributed by atoms with Gasteiger partial charge in [-0.1, -0.05) is 13.0 Å². The summed E-state index contributed by atoms with van der Waals surface area (Å²) in [6, 6.07) is 7.76. The maximum atomic E-state index is 11.8. The van der Waals surface area contributed by atoms with Gasteiger partial charge in [-0.2, -0.15) is 0 Å². The summed E-state index contributed by atoms with van der Waals surface area (Å²) in [4.78, 5) is 13.6. The van der Waals surface area contributed by atoms with Crippen LogP contribution in [0.1, 0.15) is 20.3 Å². The van der Waals surface area contributed by atoms with Crippen LogP contribution in [0.25, 0.3) is 0 Å². The van der Waals surface area contributed by atoms with Crippen LogP contribution in [-0.4, -0.2) is 11.9 Å². The molecule has 1 aromatic rings. The lowest BCUT2D eigenvalue weighted by atomic mass is 10.0. The lowest BCUT2D eigenvalue weighted by Crippen LogP contribution is -2.32. The van der Waals surface area contributed by atoms with E-state index in [1.165, 1.54) is 0 Å². The molecule has 3 nitrogen and oxygen atoms in total. The van der Waals surface area contributed by atoms with Gasteiger partial charge in [0, 0.05) is 23.8 Å². The van der Waals surface area contributed by atoms with Gasteiger partial charge in [0.05, 0.1) is 0 Å². The average molecular weight is 204 g/mol. The molecule has 1 heterocycles. The molecule has 0 radical (unpaired) electrons. The monoisotopic (exact) mass is 204 g/mol. The van der Waals surface area contributed by atoms with E-state index >= 15 is 0 Å². The first-order valence-electron chi connectivity index (χ1n) is 5.27. The van der Waals surface area contributed by atoms with Crippen LogP contribution in [0.2, 0.25) is 0 Å². The Morgan fingerprint density at radius 1 is 1.40 bits per heavy atom. The van der Waals surface area contributed by atoms with E-state index < -0.39 is 0 Å². The van der Waals surface area contributed by atoms with Gasteiger partial charge in [0.15, 0.2) is 0 Å². The molecule has 15 heavy (non-hydrogen) atoms. The second-order valence-electron chi connectivity index (χ2n) is 4.28. The van der Waals surface area contributed by atoms with Crippen LogP contribution in [0.4, 0.5) is 11.4 Å². The molecule has 0 aromatic heterocycles. The highest BCUT2D eigenvalue weighted by Gasteiger charge is 2.34. The van der Waals surface area contributed by atoms with Crippen molar-refractivity contribution in [1.82, 2.24) is 0 Å². The molecule has 0 aliphatic carbocycles. The molecule has 1 saturated heterocycles. The Labute approximate surface area is 89.9 Å². The van der Waals surface area contributed by atoms with Crippen molar-refractivity contribution < 1.29 is 4.79 Å². The van der Waals surface area contributed by atoms with E-state index in [1.807, 2.05) is 29.2 Å². The van der Waals surface area contributed by atoms with Gasteiger partial charge in [0.2, 0.25) is 5.91 Å². The van der Waals surface area contributed by atoms with Crippen LogP contribution >= 0.6 is 0 Å². The predicted molar refractivity (Wildman–Crippen MR) is 61.6 cm³/mol. The Kier molecular flexibility index (Phi) is 2.39. The van der Waals surface area contributed by atoms with E-state index in [9.17, 15) is 4.79 Å². The molecule has 2 unspecified atom stereocenters. The number of anilines is 2. The molecular weight excluding hydrogens is 188 g/mol. The standard InChI is InChI=1S/C12H16N2O/c1-8-6-12(15)14(9(8)2)11-5-3-4-10(13)7-11/h3-5,7-9H,6,13H2,1-2H3. The zero-order chi connectivity index (χ0) is 11.0. The molecule has 2 atom stereocenters. The fraction of sp³-hybridized carbons (Fsp3) is 0.417. The summed E-state index contributed by atoms with van der Waals surface area (Å²) in [6.07, 6.45) is 0.635. The third kappa shape index (κ3) is 1.69. The number of carbonyl (C=O) groups is 1. The van der Waals surface area contributed by atoms with Gasteiger partial charge in [-0.3, -0.25) is 4.79 Å². The van der Waals surface area contributed by atoms with Gasteiger partial charge in [0.25, 0.3) is 0 Å². The van der Waals surface area contributed by atoms with Crippen LogP contribution in [0, 0.1) is 5.92 Å². The Hall–Kier alpha value is -1.51. The second kappa shape index (κ2) is 3.57. The van der Waals surface area contributed by atoms with Crippen molar-refractivity contribution in [2.45, 2.75) is 26.3 Å². The van der Waals surface area contributed by atoms with Crippen molar-refractivity contribution in [3.05, 3.63) is 24.3 Å². The topological polar surface area (TPSA) is 46.3 Å². The SMILES string of the molecule is CC1CC(=O)N(c2cccc(N)c2)C1C. The summed E-state index contributed by atoms with van der Waals surface area (Å²) in [5.41, 5.74) is 7.33. The van der Waals surface area contributed by atoms with Crippen LogP contribution in [-0.2, 0) is 4.79 Å². The summed E-state index contributed by atoms with van der Waals surface area (Å²) in [5, 5.41) is 0. The van der Waals surface area contributed by atoms with Gasteiger partial charge >= 0.3 is 0 Å². The minimum atomic E-state index is 0.195. The Bertz CT molecular complexity index is 389. The number of carbonyl (C=O) groups excluding carboxylic acids is 1. The van der Waals surface area contributed by atoms with E-state index in [2.05, 4.69) is 13.8 Å². The van der Waals surface area contributed by atoms with E-state index in [4.69, 9.17) is 5.73 Å². The van der Waals surface area contributed by atoms with Crippen LogP contribution in [0.15, 0.2) is 24.3 Å². The van der Waals surface area contributed by atoms with Gasteiger partial charge in [-0.05, 0) is 31.0 Å². The highest BCUT2D eigenvalue weighted by molar-refractivity contribution is 5.96. The van der Waals surface area contributed by atoms with Crippen molar-refractivity contribution in [2.24, 2.45) is 5.92 Å². The molecule has 1 amide bonds. The highest BCUT2D eigenvalue weighted by atomic mass is 16.2. The third-order valence-corrected chi connectivity index (χ3v) is 3.14. The summed E-state index contributed by atoms with van der Waals surface area (Å²) in [6.45, 7) is 4.19. The summed E-state index contributed by atoms with van der Waals surface area (Å²) in [7, 11) is 0. The first-order chi connectivity index (χ1) is 7.09. The zero-order valence-corrected chi connectivity index (χ0v) is 9.10. The molecule has 0 bridgehead atoms. The van der Waals surface area contributed by atoms with E-state index in [0.717, 1.165) is 5.69 Å². The molecule has 2 N–H and O–H groups in total. The fourth-order valence-corrected chi connectivity index (χ4v) is 2.08. The smallest absolute Gasteiger partial charge is 0.227 e. The number of hydrogen-bond acceptors (Lipinski definition) is 2. The predicted octanol–water partition coefficient (Wildman–Crippen LogP) is 2.03. The largest absolute Gasteiger partial charge is 0.399 e. The minimum Gasteiger partial charge on any atom is -0.399 e. The van der Waals surface area contributed by atoms with Crippen molar-refractivity contribution in [3.63, 3.8) is 0 Å². The number of hydrogen-bond donors (Lipinski definition) is 1. The first kappa shape index (κ1) is 10.0. The van der Waals surface area contributed by atoms with Crippen molar-refractivity contribution >= 4 is 17.3 Å². The molecule has 1 aromatic carbocycles. The molecule has 1 aliphatic rings. The van der Waals surface area contributed by atoms with E-state index in [-0.39, 0.29) is 11.9 Å². The highest BCUT2D eigenvalue weighted by Crippen LogP contribution is 2.31. The minimum absolute atomic E-state index is 0.195. The number of nitrogens with zero attached hydrogens (tertiary/aromatic N) is 1. The Morgan fingerprint density at radius 3 is 2.67 bits per heavy atom. The number of nitrogen functional groups attached to an aromatic ring is 1. The number of nitrogens with two attached hydrogens (primary N) is 1. The molecule has 1 aliphatic heterocycles. The lowest BCUT2D eigenvalue weighted by molar-refractivity contribution is -0.117. The summed E-state index contributed by atoms with van der Waals surface area (Å²) in [5.74, 6) is 0.611. The quantitative estimate of drug-likeness (QED) is 0.711. The first-order valence-corrected chi connectivity index (χ1v) is 5.27. The molecule has 3 heteroatoms. The maximum absolute atomic E-state index is 11.8. The summed E-state index contributed by atoms with van der Waals surface area (Å²) >= 11 is 0. The Morgan fingerprint density at radius 2 is 2.13 bits per heavy atom. The van der Waals surface area contributed by atoms with E-state index in [1.54, 1.807) is 0 Å². The second-order valence-corrected chi connectivity index (χ2v) is 4.28. The van der Waals surface area contributed by atoms with Crippen LogP contribution < -0.4 is 10.6 Å².